The molecule has 1 heterocycles. The van der Waals surface area contributed by atoms with Crippen LogP contribution in [0.2, 0.25) is 0 Å². The number of nitro groups is 1. The molecule has 1 aliphatic heterocycles. The van der Waals surface area contributed by atoms with Crippen molar-refractivity contribution >= 4 is 11.3 Å². The summed E-state index contributed by atoms with van der Waals surface area (Å²) in [6.45, 7) is 7.20. The van der Waals surface area contributed by atoms with E-state index >= 15 is 0 Å². The van der Waals surface area contributed by atoms with Gasteiger partial charge < -0.3 is 0 Å². The zero-order valence-electron chi connectivity index (χ0n) is 10.5. The van der Waals surface area contributed by atoms with Gasteiger partial charge in [0.25, 0.3) is 5.69 Å². The van der Waals surface area contributed by atoms with Gasteiger partial charge in [0.05, 0.1) is 4.92 Å². The predicted molar refractivity (Wildman–Crippen MR) is 72.4 cm³/mol. The third-order valence-corrected chi connectivity index (χ3v) is 3.35. The number of hydrogen-bond acceptors (Lipinski definition) is 3. The molecule has 1 aromatic carbocycles. The number of nitrogens with zero attached hydrogens (tertiary/aromatic N) is 2. The van der Waals surface area contributed by atoms with E-state index in [1.54, 1.807) is 12.1 Å². The molecule has 0 N–H and O–H groups in total. The molecular weight excluding hydrogens is 228 g/mol. The van der Waals surface area contributed by atoms with Gasteiger partial charge in [-0.15, -0.1) is 0 Å². The Morgan fingerprint density at radius 3 is 2.39 bits per heavy atom. The van der Waals surface area contributed by atoms with E-state index in [2.05, 4.69) is 11.5 Å². The van der Waals surface area contributed by atoms with Gasteiger partial charge in [-0.05, 0) is 49.2 Å². The summed E-state index contributed by atoms with van der Waals surface area (Å²) in [5, 5.41) is 10.6. The molecule has 0 atom stereocenters. The number of piperidine rings is 1. The normalized spacial score (nSPS) is 16.4. The summed E-state index contributed by atoms with van der Waals surface area (Å²) in [4.78, 5) is 12.6. The maximum atomic E-state index is 10.6. The van der Waals surface area contributed by atoms with Crippen molar-refractivity contribution in [3.05, 3.63) is 46.5 Å². The fourth-order valence-electron chi connectivity index (χ4n) is 2.30. The Balaban J connectivity index is 1.97. The van der Waals surface area contributed by atoms with E-state index < -0.39 is 0 Å². The van der Waals surface area contributed by atoms with Crippen molar-refractivity contribution in [3.8, 4) is 0 Å². The van der Waals surface area contributed by atoms with Crippen molar-refractivity contribution in [2.75, 3.05) is 19.6 Å². The number of nitro benzene ring substituents is 1. The molecule has 0 saturated carbocycles. The molecule has 0 bridgehead atoms. The fourth-order valence-corrected chi connectivity index (χ4v) is 2.30. The molecule has 1 fully saturated rings. The van der Waals surface area contributed by atoms with E-state index in [0.29, 0.717) is 0 Å². The molecule has 0 aliphatic carbocycles. The number of benzene rings is 1. The maximum absolute atomic E-state index is 10.6. The molecule has 0 spiro atoms. The molecular formula is C14H18N2O2. The highest BCUT2D eigenvalue weighted by molar-refractivity contribution is 5.65. The third-order valence-electron chi connectivity index (χ3n) is 3.35. The third kappa shape index (κ3) is 3.17. The van der Waals surface area contributed by atoms with Crippen LogP contribution in [0, 0.1) is 10.1 Å². The van der Waals surface area contributed by atoms with Gasteiger partial charge in [-0.3, -0.25) is 15.0 Å². The largest absolute Gasteiger partial charge is 0.299 e. The lowest BCUT2D eigenvalue weighted by Gasteiger charge is -2.27. The molecule has 0 aromatic heterocycles. The quantitative estimate of drug-likeness (QED) is 0.605. The van der Waals surface area contributed by atoms with Crippen molar-refractivity contribution < 1.29 is 4.92 Å². The summed E-state index contributed by atoms with van der Waals surface area (Å²) in [5.41, 5.74) is 2.16. The van der Waals surface area contributed by atoms with E-state index in [4.69, 9.17) is 0 Å². The van der Waals surface area contributed by atoms with Gasteiger partial charge in [0.15, 0.2) is 0 Å². The first kappa shape index (κ1) is 12.8. The van der Waals surface area contributed by atoms with Crippen molar-refractivity contribution in [1.82, 2.24) is 4.90 Å². The van der Waals surface area contributed by atoms with Crippen LogP contribution in [0.25, 0.3) is 5.57 Å². The Morgan fingerprint density at radius 1 is 1.22 bits per heavy atom. The molecule has 4 heteroatoms. The average molecular weight is 246 g/mol. The lowest BCUT2D eigenvalue weighted by molar-refractivity contribution is -0.384. The zero-order valence-corrected chi connectivity index (χ0v) is 10.5. The predicted octanol–water partition coefficient (Wildman–Crippen LogP) is 3.09. The Kier molecular flexibility index (Phi) is 4.10. The monoisotopic (exact) mass is 246 g/mol. The van der Waals surface area contributed by atoms with E-state index in [1.165, 1.54) is 31.4 Å². The van der Waals surface area contributed by atoms with Crippen LogP contribution in [-0.2, 0) is 0 Å². The van der Waals surface area contributed by atoms with Crippen LogP contribution in [-0.4, -0.2) is 29.5 Å². The zero-order chi connectivity index (χ0) is 13.0. The minimum Gasteiger partial charge on any atom is -0.299 e. The highest BCUT2D eigenvalue weighted by Gasteiger charge is 2.12. The fraction of sp³-hybridized carbons (Fsp3) is 0.429. The Morgan fingerprint density at radius 2 is 1.83 bits per heavy atom. The number of likely N-dealkylation sites (tertiary alicyclic amines) is 1. The summed E-state index contributed by atoms with van der Waals surface area (Å²) in [6.07, 6.45) is 3.83. The molecule has 1 aliphatic rings. The van der Waals surface area contributed by atoms with Crippen LogP contribution < -0.4 is 0 Å². The van der Waals surface area contributed by atoms with Gasteiger partial charge in [-0.1, -0.05) is 13.0 Å². The Hall–Kier alpha value is -1.68. The van der Waals surface area contributed by atoms with E-state index in [-0.39, 0.29) is 10.6 Å². The molecule has 0 unspecified atom stereocenters. The van der Waals surface area contributed by atoms with Gasteiger partial charge in [0.1, 0.15) is 0 Å². The average Bonchev–Trinajstić information content (AvgIpc) is 2.40. The second-order valence-electron chi connectivity index (χ2n) is 4.74. The number of rotatable bonds is 4. The number of hydrogen-bond donors (Lipinski definition) is 0. The van der Waals surface area contributed by atoms with Crippen LogP contribution in [0.15, 0.2) is 30.8 Å². The summed E-state index contributed by atoms with van der Waals surface area (Å²) in [6, 6.07) is 6.64. The second kappa shape index (κ2) is 5.78. The topological polar surface area (TPSA) is 46.4 Å². The first-order valence-corrected chi connectivity index (χ1v) is 6.32. The molecule has 1 aromatic rings. The molecule has 0 amide bonds. The summed E-state index contributed by atoms with van der Waals surface area (Å²) < 4.78 is 0. The minimum atomic E-state index is -0.378. The van der Waals surface area contributed by atoms with E-state index in [0.717, 1.165) is 30.8 Å². The second-order valence-corrected chi connectivity index (χ2v) is 4.74. The molecule has 1 saturated heterocycles. The maximum Gasteiger partial charge on any atom is 0.269 e. The summed E-state index contributed by atoms with van der Waals surface area (Å²) in [7, 11) is 0. The van der Waals surface area contributed by atoms with E-state index in [9.17, 15) is 10.1 Å². The minimum absolute atomic E-state index is 0.129. The standard InChI is InChI=1S/C14H18N2O2/c1-12(11-15-9-3-2-4-10-15)13-5-7-14(8-6-13)16(17)18/h5-8H,1-4,9-11H2. The van der Waals surface area contributed by atoms with Crippen molar-refractivity contribution in [2.45, 2.75) is 19.3 Å². The summed E-state index contributed by atoms with van der Waals surface area (Å²) in [5.74, 6) is 0. The molecule has 2 rings (SSSR count). The van der Waals surface area contributed by atoms with Crippen molar-refractivity contribution in [2.24, 2.45) is 0 Å². The van der Waals surface area contributed by atoms with Gasteiger partial charge in [0, 0.05) is 18.7 Å². The first-order chi connectivity index (χ1) is 8.66. The van der Waals surface area contributed by atoms with Gasteiger partial charge in [-0.25, -0.2) is 0 Å². The number of non-ortho nitro benzene ring substituents is 1. The van der Waals surface area contributed by atoms with Crippen LogP contribution in [0.5, 0.6) is 0 Å². The van der Waals surface area contributed by atoms with Gasteiger partial charge >= 0.3 is 0 Å². The lowest BCUT2D eigenvalue weighted by atomic mass is 10.0. The Labute approximate surface area is 107 Å². The van der Waals surface area contributed by atoms with E-state index in [1.807, 2.05) is 0 Å². The Bertz CT molecular complexity index is 434. The first-order valence-electron chi connectivity index (χ1n) is 6.32. The van der Waals surface area contributed by atoms with Crippen LogP contribution in [0.3, 0.4) is 0 Å². The highest BCUT2D eigenvalue weighted by atomic mass is 16.6. The smallest absolute Gasteiger partial charge is 0.269 e. The van der Waals surface area contributed by atoms with Gasteiger partial charge in [0.2, 0.25) is 0 Å². The van der Waals surface area contributed by atoms with Crippen LogP contribution in [0.1, 0.15) is 24.8 Å². The highest BCUT2D eigenvalue weighted by Crippen LogP contribution is 2.19. The molecule has 4 nitrogen and oxygen atoms in total. The molecule has 96 valence electrons. The van der Waals surface area contributed by atoms with Crippen molar-refractivity contribution in [3.63, 3.8) is 0 Å². The lowest BCUT2D eigenvalue weighted by Crippen LogP contribution is -2.30. The molecule has 0 radical (unpaired) electrons. The van der Waals surface area contributed by atoms with Gasteiger partial charge in [-0.2, -0.15) is 0 Å². The SMILES string of the molecule is C=C(CN1CCCCC1)c1ccc([N+](=O)[O-])cc1. The molecule has 18 heavy (non-hydrogen) atoms. The van der Waals surface area contributed by atoms with Crippen molar-refractivity contribution in [1.29, 1.82) is 0 Å². The van der Waals surface area contributed by atoms with Crippen LogP contribution >= 0.6 is 0 Å². The van der Waals surface area contributed by atoms with Crippen LogP contribution in [0.4, 0.5) is 5.69 Å². The summed E-state index contributed by atoms with van der Waals surface area (Å²) >= 11 is 0.